The summed E-state index contributed by atoms with van der Waals surface area (Å²) in [4.78, 5) is 51.1. The van der Waals surface area contributed by atoms with E-state index in [1.165, 1.54) is 23.4 Å². The third-order valence-electron chi connectivity index (χ3n) is 8.08. The van der Waals surface area contributed by atoms with Crippen LogP contribution in [0.15, 0.2) is 107 Å². The van der Waals surface area contributed by atoms with Crippen molar-refractivity contribution in [3.8, 4) is 0 Å². The van der Waals surface area contributed by atoms with Gasteiger partial charge in [-0.05, 0) is 48.4 Å². The number of carboxylic acid groups (broad SMARTS) is 1. The number of piperazine rings is 1. The molecule has 6 rings (SSSR count). The quantitative estimate of drug-likeness (QED) is 0.175. The summed E-state index contributed by atoms with van der Waals surface area (Å²) in [6, 6.07) is 28.2. The molecule has 0 spiro atoms. The number of aromatic amines is 1. The highest BCUT2D eigenvalue weighted by atomic mass is 35.5. The largest absolute Gasteiger partial charge is 0.478 e. The second-order valence-corrected chi connectivity index (χ2v) is 12.5. The predicted molar refractivity (Wildman–Crippen MR) is 178 cm³/mol. The smallest absolute Gasteiger partial charge is 0.338 e. The summed E-state index contributed by atoms with van der Waals surface area (Å²) >= 11 is 7.35. The monoisotopic (exact) mass is 653 g/mol. The second-order valence-electron chi connectivity index (χ2n) is 11.1. The molecule has 3 heterocycles. The first-order valence-electron chi connectivity index (χ1n) is 14.9. The van der Waals surface area contributed by atoms with Crippen molar-refractivity contribution in [3.63, 3.8) is 0 Å². The van der Waals surface area contributed by atoms with Gasteiger partial charge in [0, 0.05) is 48.3 Å². The zero-order chi connectivity index (χ0) is 32.2. The molecule has 0 aliphatic carbocycles. The van der Waals surface area contributed by atoms with Gasteiger partial charge in [-0.3, -0.25) is 14.5 Å². The summed E-state index contributed by atoms with van der Waals surface area (Å²) in [5, 5.41) is 13.9. The van der Waals surface area contributed by atoms with E-state index in [9.17, 15) is 19.5 Å². The van der Waals surface area contributed by atoms with E-state index in [0.717, 1.165) is 11.8 Å². The van der Waals surface area contributed by atoms with Gasteiger partial charge in [0.15, 0.2) is 0 Å². The zero-order valence-electron chi connectivity index (χ0n) is 25.0. The number of carboxylic acids is 1. The average Bonchev–Trinajstić information content (AvgIpc) is 3.43. The van der Waals surface area contributed by atoms with Gasteiger partial charge < -0.3 is 20.3 Å². The number of hydrogen-bond acceptors (Lipinski definition) is 6. The Balaban J connectivity index is 1.17. The van der Waals surface area contributed by atoms with Gasteiger partial charge >= 0.3 is 5.97 Å². The number of aromatic nitrogens is 2. The number of carbonyl (C=O) groups is 3. The van der Waals surface area contributed by atoms with Gasteiger partial charge in [0.1, 0.15) is 16.8 Å². The van der Waals surface area contributed by atoms with Crippen molar-refractivity contribution in [1.82, 2.24) is 25.1 Å². The SMILES string of the molecule is C[C@@H](NC(=O)c1[nH]c2ccc(Cl)cc2c1Sc1ncccc1C(=O)O)C(=O)N1CCN(C(c2ccccc2)c2ccccc2)CC1. The van der Waals surface area contributed by atoms with E-state index < -0.39 is 17.9 Å². The molecule has 0 saturated carbocycles. The molecular weight excluding hydrogens is 622 g/mol. The number of rotatable bonds is 9. The van der Waals surface area contributed by atoms with Crippen LogP contribution in [0.2, 0.25) is 5.02 Å². The molecule has 2 aromatic heterocycles. The summed E-state index contributed by atoms with van der Waals surface area (Å²) in [7, 11) is 0. The van der Waals surface area contributed by atoms with Crippen LogP contribution in [0.25, 0.3) is 10.9 Å². The van der Waals surface area contributed by atoms with E-state index in [1.807, 2.05) is 36.4 Å². The third-order valence-corrected chi connectivity index (χ3v) is 9.46. The van der Waals surface area contributed by atoms with Crippen molar-refractivity contribution in [2.75, 3.05) is 26.2 Å². The molecule has 1 aliphatic rings. The Labute approximate surface area is 275 Å². The van der Waals surface area contributed by atoms with E-state index in [0.29, 0.717) is 47.0 Å². The van der Waals surface area contributed by atoms with Crippen LogP contribution in [0, 0.1) is 0 Å². The Morgan fingerprint density at radius 3 is 2.20 bits per heavy atom. The highest BCUT2D eigenvalue weighted by molar-refractivity contribution is 7.99. The highest BCUT2D eigenvalue weighted by Crippen LogP contribution is 2.38. The van der Waals surface area contributed by atoms with Gasteiger partial charge in [0.25, 0.3) is 5.91 Å². The first-order valence-corrected chi connectivity index (χ1v) is 16.1. The van der Waals surface area contributed by atoms with Crippen LogP contribution in [-0.4, -0.2) is 74.9 Å². The summed E-state index contributed by atoms with van der Waals surface area (Å²) in [5.41, 5.74) is 3.25. The fourth-order valence-electron chi connectivity index (χ4n) is 5.83. The minimum absolute atomic E-state index is 0.0136. The van der Waals surface area contributed by atoms with Crippen molar-refractivity contribution in [2.24, 2.45) is 0 Å². The summed E-state index contributed by atoms with van der Waals surface area (Å²) in [6.07, 6.45) is 1.50. The Morgan fingerprint density at radius 2 is 1.57 bits per heavy atom. The fourth-order valence-corrected chi connectivity index (χ4v) is 7.10. The zero-order valence-corrected chi connectivity index (χ0v) is 26.6. The van der Waals surface area contributed by atoms with Gasteiger partial charge in [-0.1, -0.05) is 84.0 Å². The molecule has 0 radical (unpaired) electrons. The van der Waals surface area contributed by atoms with Gasteiger partial charge in [0.2, 0.25) is 5.91 Å². The minimum atomic E-state index is -1.13. The molecular formula is C35H32ClN5O4S. The molecule has 2 amide bonds. The molecule has 0 bridgehead atoms. The van der Waals surface area contributed by atoms with Crippen molar-refractivity contribution < 1.29 is 19.5 Å². The fraction of sp³-hybridized carbons (Fsp3) is 0.200. The number of H-pyrrole nitrogens is 1. The summed E-state index contributed by atoms with van der Waals surface area (Å²) < 4.78 is 0. The lowest BCUT2D eigenvalue weighted by molar-refractivity contribution is -0.134. The van der Waals surface area contributed by atoms with Gasteiger partial charge in [-0.15, -0.1) is 0 Å². The average molecular weight is 654 g/mol. The molecule has 3 aromatic carbocycles. The summed E-state index contributed by atoms with van der Waals surface area (Å²) in [6.45, 7) is 4.09. The van der Waals surface area contributed by atoms with Crippen LogP contribution in [0.4, 0.5) is 0 Å². The molecule has 1 fully saturated rings. The first-order chi connectivity index (χ1) is 22.3. The van der Waals surface area contributed by atoms with Crippen molar-refractivity contribution in [3.05, 3.63) is 125 Å². The predicted octanol–water partition coefficient (Wildman–Crippen LogP) is 6.12. The van der Waals surface area contributed by atoms with Crippen LogP contribution in [0.1, 0.15) is 44.9 Å². The van der Waals surface area contributed by atoms with E-state index in [4.69, 9.17) is 11.6 Å². The van der Waals surface area contributed by atoms with E-state index in [2.05, 4.69) is 44.5 Å². The lowest BCUT2D eigenvalue weighted by Crippen LogP contribution is -2.54. The van der Waals surface area contributed by atoms with E-state index in [1.54, 1.807) is 36.1 Å². The Hall–Kier alpha value is -4.64. The maximum atomic E-state index is 13.7. The molecule has 1 aliphatic heterocycles. The van der Waals surface area contributed by atoms with Gasteiger partial charge in [0.05, 0.1) is 16.5 Å². The molecule has 1 saturated heterocycles. The second kappa shape index (κ2) is 13.8. The van der Waals surface area contributed by atoms with Crippen molar-refractivity contribution >= 4 is 52.0 Å². The number of carbonyl (C=O) groups excluding carboxylic acids is 2. The normalized spacial score (nSPS) is 14.4. The Morgan fingerprint density at radius 1 is 0.913 bits per heavy atom. The standard InChI is InChI=1S/C35H32ClN5O4S/c1-22(34(43)41-19-17-40(18-20-41)30(23-9-4-2-5-10-23)24-11-6-3-7-12-24)38-32(42)29-31(27-21-25(36)14-15-28(27)39-29)46-33-26(35(44)45)13-8-16-37-33/h2-16,21-22,30,39H,17-20H2,1H3,(H,38,42)(H,44,45)/t22-/m1/s1. The maximum absolute atomic E-state index is 13.7. The number of nitrogens with zero attached hydrogens (tertiary/aromatic N) is 3. The number of pyridine rings is 1. The molecule has 3 N–H and O–H groups in total. The number of aromatic carboxylic acids is 1. The third kappa shape index (κ3) is 6.64. The maximum Gasteiger partial charge on any atom is 0.338 e. The van der Waals surface area contributed by atoms with Crippen LogP contribution in [0.5, 0.6) is 0 Å². The number of halogens is 1. The Bertz CT molecular complexity index is 1840. The molecule has 0 unspecified atom stereocenters. The van der Waals surface area contributed by atoms with E-state index in [-0.39, 0.29) is 28.2 Å². The molecule has 5 aromatic rings. The molecule has 11 heteroatoms. The van der Waals surface area contributed by atoms with Crippen LogP contribution in [-0.2, 0) is 4.79 Å². The number of benzene rings is 3. The number of fused-ring (bicyclic) bond motifs is 1. The number of hydrogen-bond donors (Lipinski definition) is 3. The van der Waals surface area contributed by atoms with E-state index >= 15 is 0 Å². The van der Waals surface area contributed by atoms with Crippen molar-refractivity contribution in [2.45, 2.75) is 28.9 Å². The Kier molecular flexibility index (Phi) is 9.39. The lowest BCUT2D eigenvalue weighted by atomic mass is 9.96. The topological polar surface area (TPSA) is 119 Å². The van der Waals surface area contributed by atoms with Crippen molar-refractivity contribution in [1.29, 1.82) is 0 Å². The molecule has 1 atom stereocenters. The van der Waals surface area contributed by atoms with Crippen LogP contribution in [0.3, 0.4) is 0 Å². The first kappa shape index (κ1) is 31.3. The number of amides is 2. The molecule has 46 heavy (non-hydrogen) atoms. The minimum Gasteiger partial charge on any atom is -0.478 e. The van der Waals surface area contributed by atoms with Crippen LogP contribution < -0.4 is 5.32 Å². The highest BCUT2D eigenvalue weighted by Gasteiger charge is 2.31. The molecule has 234 valence electrons. The lowest BCUT2D eigenvalue weighted by Gasteiger charge is -2.40. The van der Waals surface area contributed by atoms with Gasteiger partial charge in [-0.25, -0.2) is 9.78 Å². The van der Waals surface area contributed by atoms with Gasteiger partial charge in [-0.2, -0.15) is 0 Å². The number of nitrogens with one attached hydrogen (secondary N) is 2. The van der Waals surface area contributed by atoms with Crippen LogP contribution >= 0.6 is 23.4 Å². The molecule has 9 nitrogen and oxygen atoms in total. The summed E-state index contributed by atoms with van der Waals surface area (Å²) in [5.74, 6) is -1.79.